The van der Waals surface area contributed by atoms with Gasteiger partial charge in [-0.05, 0) is 24.6 Å². The second-order valence-electron chi connectivity index (χ2n) is 9.06. The van der Waals surface area contributed by atoms with Crippen LogP contribution in [0.15, 0.2) is 21.9 Å². The highest BCUT2D eigenvalue weighted by Crippen LogP contribution is 2.52. The van der Waals surface area contributed by atoms with Gasteiger partial charge in [0, 0.05) is 24.2 Å². The topological polar surface area (TPSA) is 86.9 Å². The van der Waals surface area contributed by atoms with Gasteiger partial charge in [-0.3, -0.25) is 14.3 Å². The van der Waals surface area contributed by atoms with E-state index in [2.05, 4.69) is 50.6 Å². The van der Waals surface area contributed by atoms with Crippen molar-refractivity contribution in [2.24, 2.45) is 0 Å². The minimum Gasteiger partial charge on any atom is -0.408 e. The van der Waals surface area contributed by atoms with Crippen molar-refractivity contribution < 1.29 is 13.5 Å². The summed E-state index contributed by atoms with van der Waals surface area (Å²) >= 11 is 1.64. The summed E-state index contributed by atoms with van der Waals surface area (Å²) in [4.78, 5) is 29.9. The molecular formula is C20H34N3O5PSSi. The number of thioether (sulfide) groups is 1. The molecule has 1 saturated heterocycles. The number of nitrogens with one attached hydrogen (secondary N) is 1. The lowest BCUT2D eigenvalue weighted by molar-refractivity contribution is 0.0387. The standard InChI is InChI=1S/C20H34N3O5PSSi/c1-9-14-16(27-29(6)26-13-11-21-5)17(28-31(7,8)20(2,3)4)18(30-14)23-12-10-15(24)22-19(23)25/h10,12,14,16-18H,9,11,13H2,1-4,6-8H3,(H,22,24,25)/t14-,16-,17-,18?,29?/m1/s1. The Kier molecular flexibility index (Phi) is 9.14. The van der Waals surface area contributed by atoms with Crippen molar-refractivity contribution in [1.82, 2.24) is 9.55 Å². The van der Waals surface area contributed by atoms with Crippen molar-refractivity contribution in [2.45, 2.75) is 75.1 Å². The maximum atomic E-state index is 12.6. The predicted molar refractivity (Wildman–Crippen MR) is 129 cm³/mol. The van der Waals surface area contributed by atoms with Crippen molar-refractivity contribution in [3.63, 3.8) is 0 Å². The summed E-state index contributed by atoms with van der Waals surface area (Å²) in [6, 6.07) is 1.36. The third kappa shape index (κ3) is 6.53. The summed E-state index contributed by atoms with van der Waals surface area (Å²) < 4.78 is 20.5. The molecule has 1 aliphatic rings. The van der Waals surface area contributed by atoms with Gasteiger partial charge in [0.25, 0.3) is 5.56 Å². The largest absolute Gasteiger partial charge is 0.408 e. The van der Waals surface area contributed by atoms with Crippen LogP contribution in [-0.2, 0) is 13.5 Å². The Morgan fingerprint density at radius 1 is 1.32 bits per heavy atom. The molecule has 11 heteroatoms. The third-order valence-corrected chi connectivity index (χ3v) is 13.1. The number of nitrogens with zero attached hydrogens (tertiary/aromatic N) is 2. The van der Waals surface area contributed by atoms with Gasteiger partial charge >= 0.3 is 5.69 Å². The molecule has 0 aliphatic carbocycles. The van der Waals surface area contributed by atoms with Crippen molar-refractivity contribution in [2.75, 3.05) is 19.8 Å². The van der Waals surface area contributed by atoms with Crippen molar-refractivity contribution >= 4 is 28.5 Å². The van der Waals surface area contributed by atoms with Gasteiger partial charge in [-0.15, -0.1) is 11.8 Å². The van der Waals surface area contributed by atoms with Crippen LogP contribution in [0.1, 0.15) is 39.5 Å². The van der Waals surface area contributed by atoms with Crippen LogP contribution in [-0.4, -0.2) is 55.1 Å². The van der Waals surface area contributed by atoms with E-state index in [9.17, 15) is 9.59 Å². The molecule has 0 amide bonds. The molecule has 0 saturated carbocycles. The Bertz CT molecular complexity index is 894. The Labute approximate surface area is 190 Å². The average Bonchev–Trinajstić information content (AvgIpc) is 2.97. The van der Waals surface area contributed by atoms with Gasteiger partial charge < -0.3 is 18.3 Å². The van der Waals surface area contributed by atoms with Crippen LogP contribution in [0.2, 0.25) is 18.1 Å². The Balaban J connectivity index is 2.41. The Morgan fingerprint density at radius 2 is 2.00 bits per heavy atom. The monoisotopic (exact) mass is 487 g/mol. The fourth-order valence-corrected chi connectivity index (χ4v) is 7.14. The number of hydrogen-bond acceptors (Lipinski definition) is 6. The van der Waals surface area contributed by atoms with E-state index in [4.69, 9.17) is 20.0 Å². The molecule has 0 bridgehead atoms. The Morgan fingerprint density at radius 3 is 2.55 bits per heavy atom. The first kappa shape index (κ1) is 26.3. The van der Waals surface area contributed by atoms with E-state index in [-0.39, 0.29) is 27.9 Å². The lowest BCUT2D eigenvalue weighted by Crippen LogP contribution is -2.49. The second kappa shape index (κ2) is 10.8. The van der Waals surface area contributed by atoms with E-state index < -0.39 is 27.9 Å². The molecule has 1 N–H and O–H groups in total. The highest BCUT2D eigenvalue weighted by molar-refractivity contribution is 8.00. The predicted octanol–water partition coefficient (Wildman–Crippen LogP) is 4.21. The molecule has 0 radical (unpaired) electrons. The van der Waals surface area contributed by atoms with E-state index >= 15 is 0 Å². The van der Waals surface area contributed by atoms with E-state index in [1.54, 1.807) is 16.3 Å². The van der Waals surface area contributed by atoms with Crippen molar-refractivity contribution in [1.29, 1.82) is 0 Å². The summed E-state index contributed by atoms with van der Waals surface area (Å²) in [5.41, 5.74) is -0.868. The minimum absolute atomic E-state index is 0.0177. The molecule has 0 spiro atoms. The second-order valence-corrected chi connectivity index (χ2v) is 16.5. The summed E-state index contributed by atoms with van der Waals surface area (Å²) in [6.45, 7) is 22.4. The quantitative estimate of drug-likeness (QED) is 0.243. The van der Waals surface area contributed by atoms with E-state index in [0.717, 1.165) is 6.42 Å². The van der Waals surface area contributed by atoms with Gasteiger partial charge in [-0.1, -0.05) is 27.7 Å². The molecule has 8 nitrogen and oxygen atoms in total. The van der Waals surface area contributed by atoms with Crippen LogP contribution < -0.4 is 11.2 Å². The molecule has 1 aliphatic heterocycles. The molecule has 2 heterocycles. The first-order valence-electron chi connectivity index (χ1n) is 10.4. The SMILES string of the molecule is [C-]#[N+]CCOP(C)O[C@@H]1[C@@H](CC)SC(n2ccc(=O)[nH]c2=O)[C@@H]1O[Si](C)(C)C(C)(C)C. The summed E-state index contributed by atoms with van der Waals surface area (Å²) in [7, 11) is -3.39. The van der Waals surface area contributed by atoms with Crippen molar-refractivity contribution in [3.05, 3.63) is 44.5 Å². The zero-order chi connectivity index (χ0) is 23.4. The van der Waals surface area contributed by atoms with Crippen LogP contribution in [0, 0.1) is 6.57 Å². The van der Waals surface area contributed by atoms with Crippen LogP contribution in [0.25, 0.3) is 4.85 Å². The number of aromatic nitrogens is 2. The number of aromatic amines is 1. The highest BCUT2D eigenvalue weighted by atomic mass is 32.2. The van der Waals surface area contributed by atoms with Crippen LogP contribution in [0.5, 0.6) is 0 Å². The van der Waals surface area contributed by atoms with E-state index in [1.807, 2.05) is 6.66 Å². The molecule has 5 atom stereocenters. The zero-order valence-corrected chi connectivity index (χ0v) is 22.1. The lowest BCUT2D eigenvalue weighted by atomic mass is 10.1. The van der Waals surface area contributed by atoms with Gasteiger partial charge in [0.15, 0.2) is 16.7 Å². The zero-order valence-electron chi connectivity index (χ0n) is 19.4. The molecule has 1 aromatic heterocycles. The van der Waals surface area contributed by atoms with Crippen LogP contribution >= 0.6 is 20.1 Å². The summed E-state index contributed by atoms with van der Waals surface area (Å²) in [6.07, 6.45) is 1.74. The first-order valence-corrected chi connectivity index (χ1v) is 15.9. The van der Waals surface area contributed by atoms with Gasteiger partial charge in [0.05, 0.1) is 0 Å². The van der Waals surface area contributed by atoms with Gasteiger partial charge in [0.1, 0.15) is 24.2 Å². The first-order chi connectivity index (χ1) is 14.4. The van der Waals surface area contributed by atoms with Crippen LogP contribution in [0.4, 0.5) is 0 Å². The van der Waals surface area contributed by atoms with Gasteiger partial charge in [0.2, 0.25) is 6.54 Å². The maximum Gasteiger partial charge on any atom is 0.329 e. The smallest absolute Gasteiger partial charge is 0.329 e. The number of hydrogen-bond donors (Lipinski definition) is 1. The number of H-pyrrole nitrogens is 1. The normalized spacial score (nSPS) is 25.4. The molecule has 174 valence electrons. The van der Waals surface area contributed by atoms with Crippen molar-refractivity contribution in [3.8, 4) is 0 Å². The molecule has 2 rings (SSSR count). The molecule has 2 unspecified atom stereocenters. The molecule has 1 fully saturated rings. The number of rotatable bonds is 9. The summed E-state index contributed by atoms with van der Waals surface area (Å²) in [5, 5.41) is -0.232. The fraction of sp³-hybridized carbons (Fsp3) is 0.750. The van der Waals surface area contributed by atoms with E-state index in [1.165, 1.54) is 12.3 Å². The maximum absolute atomic E-state index is 12.6. The van der Waals surface area contributed by atoms with E-state index in [0.29, 0.717) is 13.2 Å². The molecule has 1 aromatic rings. The lowest BCUT2D eigenvalue weighted by Gasteiger charge is -2.41. The molecule has 31 heavy (non-hydrogen) atoms. The fourth-order valence-electron chi connectivity index (χ4n) is 3.07. The highest BCUT2D eigenvalue weighted by Gasteiger charge is 2.51. The molecular weight excluding hydrogens is 453 g/mol. The van der Waals surface area contributed by atoms with Gasteiger partial charge in [-0.25, -0.2) is 11.4 Å². The Hall–Kier alpha value is -0.953. The van der Waals surface area contributed by atoms with Gasteiger partial charge in [-0.2, -0.15) is 0 Å². The average molecular weight is 488 g/mol. The van der Waals surface area contributed by atoms with Crippen LogP contribution in [0.3, 0.4) is 0 Å². The summed E-state index contributed by atoms with van der Waals surface area (Å²) in [5.74, 6) is 0. The third-order valence-electron chi connectivity index (χ3n) is 5.80. The minimum atomic E-state index is -2.19. The molecule has 0 aromatic carbocycles.